The summed E-state index contributed by atoms with van der Waals surface area (Å²) in [6.07, 6.45) is 5.39. The van der Waals surface area contributed by atoms with Crippen LogP contribution in [0.2, 0.25) is 0 Å². The van der Waals surface area contributed by atoms with E-state index in [4.69, 9.17) is 10.5 Å². The Kier molecular flexibility index (Phi) is 3.11. The summed E-state index contributed by atoms with van der Waals surface area (Å²) in [4.78, 5) is 4.20. The fourth-order valence-corrected chi connectivity index (χ4v) is 1.84. The van der Waals surface area contributed by atoms with Crippen molar-refractivity contribution in [3.05, 3.63) is 30.1 Å². The molecular formula is C11H16N2O. The number of nitrogens with zero attached hydrogens (tertiary/aromatic N) is 1. The Labute approximate surface area is 84.3 Å². The second-order valence-electron chi connectivity index (χ2n) is 3.77. The standard InChI is InChI=1S/C11H16N2O/c12-10-5-3-6-11(10)14-8-9-4-1-2-7-13-9/h1-2,4,7,10-11H,3,5-6,8,12H2. The third kappa shape index (κ3) is 2.30. The van der Waals surface area contributed by atoms with Crippen LogP contribution in [0.15, 0.2) is 24.4 Å². The SMILES string of the molecule is NC1CCCC1OCc1ccccn1. The average molecular weight is 192 g/mol. The molecule has 1 saturated carbocycles. The van der Waals surface area contributed by atoms with E-state index in [1.54, 1.807) is 6.20 Å². The summed E-state index contributed by atoms with van der Waals surface area (Å²) in [5.74, 6) is 0. The van der Waals surface area contributed by atoms with E-state index in [0.717, 1.165) is 18.5 Å². The molecule has 1 aliphatic rings. The molecule has 3 heteroatoms. The van der Waals surface area contributed by atoms with Gasteiger partial charge < -0.3 is 10.5 Å². The zero-order valence-electron chi connectivity index (χ0n) is 8.23. The van der Waals surface area contributed by atoms with Gasteiger partial charge in [0.2, 0.25) is 0 Å². The monoisotopic (exact) mass is 192 g/mol. The topological polar surface area (TPSA) is 48.1 Å². The maximum atomic E-state index is 5.90. The smallest absolute Gasteiger partial charge is 0.0892 e. The van der Waals surface area contributed by atoms with E-state index in [9.17, 15) is 0 Å². The van der Waals surface area contributed by atoms with Crippen LogP contribution >= 0.6 is 0 Å². The fourth-order valence-electron chi connectivity index (χ4n) is 1.84. The fraction of sp³-hybridized carbons (Fsp3) is 0.545. The molecule has 2 rings (SSSR count). The number of nitrogens with two attached hydrogens (primary N) is 1. The van der Waals surface area contributed by atoms with Gasteiger partial charge in [-0.2, -0.15) is 0 Å². The number of pyridine rings is 1. The Balaban J connectivity index is 1.82. The molecule has 76 valence electrons. The van der Waals surface area contributed by atoms with E-state index in [2.05, 4.69) is 4.98 Å². The van der Waals surface area contributed by atoms with Crippen LogP contribution in [0.4, 0.5) is 0 Å². The van der Waals surface area contributed by atoms with E-state index in [0.29, 0.717) is 6.61 Å². The molecule has 3 nitrogen and oxygen atoms in total. The Morgan fingerprint density at radius 2 is 2.36 bits per heavy atom. The molecule has 0 bridgehead atoms. The molecule has 1 fully saturated rings. The molecule has 2 atom stereocenters. The maximum Gasteiger partial charge on any atom is 0.0892 e. The van der Waals surface area contributed by atoms with Gasteiger partial charge in [0.1, 0.15) is 0 Å². The molecule has 0 saturated heterocycles. The predicted octanol–water partition coefficient (Wildman–Crippen LogP) is 1.48. The van der Waals surface area contributed by atoms with Crippen molar-refractivity contribution in [2.24, 2.45) is 5.73 Å². The lowest BCUT2D eigenvalue weighted by atomic mass is 10.2. The van der Waals surface area contributed by atoms with Gasteiger partial charge >= 0.3 is 0 Å². The first-order valence-electron chi connectivity index (χ1n) is 5.13. The lowest BCUT2D eigenvalue weighted by molar-refractivity contribution is 0.0339. The number of hydrogen-bond donors (Lipinski definition) is 1. The van der Waals surface area contributed by atoms with Crippen LogP contribution in [-0.2, 0) is 11.3 Å². The van der Waals surface area contributed by atoms with E-state index in [1.807, 2.05) is 18.2 Å². The van der Waals surface area contributed by atoms with Crippen molar-refractivity contribution >= 4 is 0 Å². The van der Waals surface area contributed by atoms with Gasteiger partial charge in [-0.25, -0.2) is 0 Å². The number of hydrogen-bond acceptors (Lipinski definition) is 3. The normalized spacial score (nSPS) is 26.6. The van der Waals surface area contributed by atoms with Crippen molar-refractivity contribution in [2.75, 3.05) is 0 Å². The Bertz CT molecular complexity index is 276. The molecule has 0 aromatic carbocycles. The molecule has 1 aliphatic carbocycles. The number of rotatable bonds is 3. The van der Waals surface area contributed by atoms with Crippen molar-refractivity contribution in [1.82, 2.24) is 4.98 Å². The lowest BCUT2D eigenvalue weighted by Crippen LogP contribution is -2.31. The van der Waals surface area contributed by atoms with Gasteiger partial charge in [0.15, 0.2) is 0 Å². The van der Waals surface area contributed by atoms with Crippen molar-refractivity contribution < 1.29 is 4.74 Å². The van der Waals surface area contributed by atoms with E-state index >= 15 is 0 Å². The summed E-state index contributed by atoms with van der Waals surface area (Å²) in [7, 11) is 0. The molecule has 1 aromatic rings. The lowest BCUT2D eigenvalue weighted by Gasteiger charge is -2.15. The molecule has 1 aromatic heterocycles. The molecular weight excluding hydrogens is 176 g/mol. The third-order valence-electron chi connectivity index (χ3n) is 2.68. The van der Waals surface area contributed by atoms with Crippen molar-refractivity contribution in [3.8, 4) is 0 Å². The quantitative estimate of drug-likeness (QED) is 0.789. The second kappa shape index (κ2) is 4.53. The minimum Gasteiger partial charge on any atom is -0.370 e. The predicted molar refractivity (Wildman–Crippen MR) is 54.6 cm³/mol. The van der Waals surface area contributed by atoms with Gasteiger partial charge in [-0.05, 0) is 31.4 Å². The minimum atomic E-state index is 0.221. The molecule has 0 amide bonds. The summed E-state index contributed by atoms with van der Waals surface area (Å²) in [5.41, 5.74) is 6.88. The largest absolute Gasteiger partial charge is 0.370 e. The van der Waals surface area contributed by atoms with E-state index < -0.39 is 0 Å². The molecule has 2 N–H and O–H groups in total. The van der Waals surface area contributed by atoms with Gasteiger partial charge in [0.05, 0.1) is 18.4 Å². The van der Waals surface area contributed by atoms with E-state index in [-0.39, 0.29) is 12.1 Å². The van der Waals surface area contributed by atoms with Crippen molar-refractivity contribution in [1.29, 1.82) is 0 Å². The van der Waals surface area contributed by atoms with Crippen molar-refractivity contribution in [3.63, 3.8) is 0 Å². The van der Waals surface area contributed by atoms with Gasteiger partial charge in [-0.15, -0.1) is 0 Å². The van der Waals surface area contributed by atoms with Gasteiger partial charge in [-0.1, -0.05) is 6.07 Å². The first-order chi connectivity index (χ1) is 6.86. The molecule has 0 aliphatic heterocycles. The molecule has 0 radical (unpaired) electrons. The van der Waals surface area contributed by atoms with Crippen LogP contribution in [0.5, 0.6) is 0 Å². The summed E-state index contributed by atoms with van der Waals surface area (Å²) in [6, 6.07) is 6.07. The molecule has 14 heavy (non-hydrogen) atoms. The third-order valence-corrected chi connectivity index (χ3v) is 2.68. The molecule has 0 spiro atoms. The van der Waals surface area contributed by atoms with Crippen LogP contribution in [0.3, 0.4) is 0 Å². The molecule has 2 unspecified atom stereocenters. The number of ether oxygens (including phenoxy) is 1. The number of aromatic nitrogens is 1. The highest BCUT2D eigenvalue weighted by Gasteiger charge is 2.24. The summed E-state index contributed by atoms with van der Waals surface area (Å²) in [6.45, 7) is 0.583. The zero-order valence-corrected chi connectivity index (χ0v) is 8.23. The van der Waals surface area contributed by atoms with Crippen LogP contribution in [0.25, 0.3) is 0 Å². The van der Waals surface area contributed by atoms with Gasteiger partial charge in [-0.3, -0.25) is 4.98 Å². The first-order valence-corrected chi connectivity index (χ1v) is 5.13. The Morgan fingerprint density at radius 1 is 1.43 bits per heavy atom. The van der Waals surface area contributed by atoms with Crippen molar-refractivity contribution in [2.45, 2.75) is 38.0 Å². The Hall–Kier alpha value is -0.930. The minimum absolute atomic E-state index is 0.221. The molecule has 1 heterocycles. The van der Waals surface area contributed by atoms with E-state index in [1.165, 1.54) is 6.42 Å². The highest BCUT2D eigenvalue weighted by atomic mass is 16.5. The van der Waals surface area contributed by atoms with Crippen LogP contribution in [-0.4, -0.2) is 17.1 Å². The maximum absolute atomic E-state index is 5.90. The highest BCUT2D eigenvalue weighted by molar-refractivity contribution is 5.02. The second-order valence-corrected chi connectivity index (χ2v) is 3.77. The van der Waals surface area contributed by atoms with Crippen LogP contribution < -0.4 is 5.73 Å². The first kappa shape index (κ1) is 9.62. The average Bonchev–Trinajstić information content (AvgIpc) is 2.63. The van der Waals surface area contributed by atoms with Gasteiger partial charge in [0, 0.05) is 12.2 Å². The zero-order chi connectivity index (χ0) is 9.80. The van der Waals surface area contributed by atoms with Crippen LogP contribution in [0, 0.1) is 0 Å². The summed E-state index contributed by atoms with van der Waals surface area (Å²) in [5, 5.41) is 0. The summed E-state index contributed by atoms with van der Waals surface area (Å²) < 4.78 is 5.71. The van der Waals surface area contributed by atoms with Gasteiger partial charge in [0.25, 0.3) is 0 Å². The highest BCUT2D eigenvalue weighted by Crippen LogP contribution is 2.20. The van der Waals surface area contributed by atoms with Crippen LogP contribution in [0.1, 0.15) is 25.0 Å². The Morgan fingerprint density at radius 3 is 3.00 bits per heavy atom. The summed E-state index contributed by atoms with van der Waals surface area (Å²) >= 11 is 0.